The Morgan fingerprint density at radius 2 is 2.35 bits per heavy atom. The molecule has 5 nitrogen and oxygen atoms in total. The molecule has 3 N–H and O–H groups in total. The fraction of sp³-hybridized carbons (Fsp3) is 0.533. The zero-order valence-corrected chi connectivity index (χ0v) is 12.2. The Kier molecular flexibility index (Phi) is 4.84. The summed E-state index contributed by atoms with van der Waals surface area (Å²) in [6.07, 6.45) is 2.38. The molecule has 0 amide bonds. The molecule has 1 aliphatic rings. The molecule has 1 fully saturated rings. The van der Waals surface area contributed by atoms with Crippen LogP contribution in [-0.4, -0.2) is 37.8 Å². The summed E-state index contributed by atoms with van der Waals surface area (Å²) in [4.78, 5) is 2.24. The van der Waals surface area contributed by atoms with E-state index < -0.39 is 0 Å². The van der Waals surface area contributed by atoms with Crippen molar-refractivity contribution in [2.75, 3.05) is 31.7 Å². The Bertz CT molecular complexity index is 482. The van der Waals surface area contributed by atoms with E-state index in [9.17, 15) is 0 Å². The van der Waals surface area contributed by atoms with Gasteiger partial charge >= 0.3 is 0 Å². The maximum Gasteiger partial charge on any atom is 0.170 e. The first-order valence-electron chi connectivity index (χ1n) is 6.99. The van der Waals surface area contributed by atoms with E-state index in [-0.39, 0.29) is 5.84 Å². The van der Waals surface area contributed by atoms with E-state index in [2.05, 4.69) is 23.2 Å². The lowest BCUT2D eigenvalue weighted by atomic mass is 10.0. The van der Waals surface area contributed by atoms with Crippen LogP contribution in [0.4, 0.5) is 5.69 Å². The van der Waals surface area contributed by atoms with E-state index in [4.69, 9.17) is 15.7 Å². The molecule has 0 aromatic heterocycles. The van der Waals surface area contributed by atoms with Crippen LogP contribution in [0.5, 0.6) is 0 Å². The van der Waals surface area contributed by atoms with Crippen molar-refractivity contribution in [3.8, 4) is 0 Å². The second-order valence-corrected chi connectivity index (χ2v) is 5.45. The van der Waals surface area contributed by atoms with Gasteiger partial charge in [-0.05, 0) is 49.4 Å². The lowest BCUT2D eigenvalue weighted by Crippen LogP contribution is -2.31. The lowest BCUT2D eigenvalue weighted by Gasteiger charge is -2.28. The fourth-order valence-corrected chi connectivity index (χ4v) is 2.67. The van der Waals surface area contributed by atoms with Crippen LogP contribution in [0.25, 0.3) is 0 Å². The second kappa shape index (κ2) is 6.61. The highest BCUT2D eigenvalue weighted by Crippen LogP contribution is 2.21. The molecule has 0 spiro atoms. The number of hydrogen-bond acceptors (Lipinski definition) is 4. The molecule has 1 aliphatic heterocycles. The third-order valence-corrected chi connectivity index (χ3v) is 3.82. The molecule has 1 atom stereocenters. The molecule has 1 heterocycles. The van der Waals surface area contributed by atoms with Gasteiger partial charge in [-0.1, -0.05) is 5.16 Å². The Morgan fingerprint density at radius 1 is 1.55 bits per heavy atom. The summed E-state index contributed by atoms with van der Waals surface area (Å²) in [7, 11) is 2.09. The van der Waals surface area contributed by atoms with E-state index >= 15 is 0 Å². The van der Waals surface area contributed by atoms with Crippen molar-refractivity contribution in [2.24, 2.45) is 16.8 Å². The molecule has 1 aromatic rings. The van der Waals surface area contributed by atoms with Crippen LogP contribution in [-0.2, 0) is 4.74 Å². The summed E-state index contributed by atoms with van der Waals surface area (Å²) >= 11 is 0. The molecule has 110 valence electrons. The van der Waals surface area contributed by atoms with Crippen molar-refractivity contribution in [1.29, 1.82) is 0 Å². The Hall–Kier alpha value is -1.75. The third kappa shape index (κ3) is 3.42. The van der Waals surface area contributed by atoms with Crippen molar-refractivity contribution in [2.45, 2.75) is 19.8 Å². The second-order valence-electron chi connectivity index (χ2n) is 5.45. The average molecular weight is 277 g/mol. The number of ether oxygens (including phenoxy) is 1. The predicted octanol–water partition coefficient (Wildman–Crippen LogP) is 1.95. The summed E-state index contributed by atoms with van der Waals surface area (Å²) in [5, 5.41) is 11.8. The maximum absolute atomic E-state index is 8.75. The third-order valence-electron chi connectivity index (χ3n) is 3.82. The Balaban J connectivity index is 2.06. The SMILES string of the molecule is Cc1cc(N(C)CC2CCCOC2)ccc1/C(N)=N/O. The highest BCUT2D eigenvalue weighted by Gasteiger charge is 2.16. The van der Waals surface area contributed by atoms with Gasteiger partial charge in [0.2, 0.25) is 0 Å². The summed E-state index contributed by atoms with van der Waals surface area (Å²) < 4.78 is 5.52. The quantitative estimate of drug-likeness (QED) is 0.382. The van der Waals surface area contributed by atoms with Gasteiger partial charge in [0, 0.05) is 31.5 Å². The molecule has 20 heavy (non-hydrogen) atoms. The number of hydrogen-bond donors (Lipinski definition) is 2. The van der Waals surface area contributed by atoms with Gasteiger partial charge < -0.3 is 20.6 Å². The monoisotopic (exact) mass is 277 g/mol. The van der Waals surface area contributed by atoms with Gasteiger partial charge in [-0.15, -0.1) is 0 Å². The largest absolute Gasteiger partial charge is 0.409 e. The normalized spacial score (nSPS) is 19.9. The minimum Gasteiger partial charge on any atom is -0.409 e. The molecule has 0 saturated carbocycles. The molecular formula is C15H23N3O2. The first-order chi connectivity index (χ1) is 9.61. The number of oxime groups is 1. The lowest BCUT2D eigenvalue weighted by molar-refractivity contribution is 0.0576. The first-order valence-corrected chi connectivity index (χ1v) is 6.99. The molecule has 2 rings (SSSR count). The van der Waals surface area contributed by atoms with E-state index in [1.165, 1.54) is 6.42 Å². The number of rotatable bonds is 4. The number of amidine groups is 1. The first kappa shape index (κ1) is 14.7. The van der Waals surface area contributed by atoms with E-state index in [1.54, 1.807) is 0 Å². The van der Waals surface area contributed by atoms with Gasteiger partial charge in [0.15, 0.2) is 5.84 Å². The summed E-state index contributed by atoms with van der Waals surface area (Å²) in [6, 6.07) is 5.97. The van der Waals surface area contributed by atoms with Crippen LogP contribution < -0.4 is 10.6 Å². The molecule has 0 bridgehead atoms. The maximum atomic E-state index is 8.75. The van der Waals surface area contributed by atoms with Crippen LogP contribution in [0.3, 0.4) is 0 Å². The van der Waals surface area contributed by atoms with Crippen LogP contribution in [0.2, 0.25) is 0 Å². The van der Waals surface area contributed by atoms with Gasteiger partial charge in [0.05, 0.1) is 6.61 Å². The Labute approximate surface area is 120 Å². The molecule has 1 aromatic carbocycles. The van der Waals surface area contributed by atoms with Crippen molar-refractivity contribution >= 4 is 11.5 Å². The van der Waals surface area contributed by atoms with Crippen LogP contribution in [0.15, 0.2) is 23.4 Å². The summed E-state index contributed by atoms with van der Waals surface area (Å²) in [5.41, 5.74) is 8.56. The molecule has 5 heteroatoms. The number of nitrogens with two attached hydrogens (primary N) is 1. The fourth-order valence-electron chi connectivity index (χ4n) is 2.67. The summed E-state index contributed by atoms with van der Waals surface area (Å²) in [5.74, 6) is 0.746. The molecule has 1 unspecified atom stereocenters. The number of benzene rings is 1. The smallest absolute Gasteiger partial charge is 0.170 e. The van der Waals surface area contributed by atoms with E-state index in [0.29, 0.717) is 5.92 Å². The molecule has 0 aliphatic carbocycles. The van der Waals surface area contributed by atoms with Crippen molar-refractivity contribution in [3.63, 3.8) is 0 Å². The predicted molar refractivity (Wildman–Crippen MR) is 80.5 cm³/mol. The Morgan fingerprint density at radius 3 is 2.95 bits per heavy atom. The molecular weight excluding hydrogens is 254 g/mol. The standard InChI is InChI=1S/C15H23N3O2/c1-11-8-13(5-6-14(11)15(16)17-19)18(2)9-12-4-3-7-20-10-12/h5-6,8,12,19H,3-4,7,9-10H2,1-2H3,(H2,16,17). The summed E-state index contributed by atoms with van der Waals surface area (Å²) in [6.45, 7) is 4.70. The van der Waals surface area contributed by atoms with Crippen LogP contribution in [0.1, 0.15) is 24.0 Å². The highest BCUT2D eigenvalue weighted by atomic mass is 16.5. The number of nitrogens with zero attached hydrogens (tertiary/aromatic N) is 2. The minimum absolute atomic E-state index is 0.150. The van der Waals surface area contributed by atoms with Gasteiger partial charge in [0.25, 0.3) is 0 Å². The molecule has 0 radical (unpaired) electrons. The van der Waals surface area contributed by atoms with Crippen LogP contribution >= 0.6 is 0 Å². The average Bonchev–Trinajstić information content (AvgIpc) is 2.47. The topological polar surface area (TPSA) is 71.1 Å². The van der Waals surface area contributed by atoms with Gasteiger partial charge in [0.1, 0.15) is 0 Å². The number of anilines is 1. The number of aryl methyl sites for hydroxylation is 1. The zero-order valence-electron chi connectivity index (χ0n) is 12.2. The van der Waals surface area contributed by atoms with Crippen molar-refractivity contribution < 1.29 is 9.94 Å². The van der Waals surface area contributed by atoms with Crippen LogP contribution in [0, 0.1) is 12.8 Å². The zero-order chi connectivity index (χ0) is 14.5. The van der Waals surface area contributed by atoms with Crippen molar-refractivity contribution in [3.05, 3.63) is 29.3 Å². The van der Waals surface area contributed by atoms with E-state index in [0.717, 1.165) is 43.0 Å². The minimum atomic E-state index is 0.150. The van der Waals surface area contributed by atoms with Gasteiger partial charge in [-0.2, -0.15) is 0 Å². The van der Waals surface area contributed by atoms with Crippen molar-refractivity contribution in [1.82, 2.24) is 0 Å². The molecule has 1 saturated heterocycles. The van der Waals surface area contributed by atoms with Gasteiger partial charge in [-0.25, -0.2) is 0 Å². The van der Waals surface area contributed by atoms with Gasteiger partial charge in [-0.3, -0.25) is 0 Å². The van der Waals surface area contributed by atoms with E-state index in [1.807, 2.05) is 19.1 Å². The highest BCUT2D eigenvalue weighted by molar-refractivity contribution is 5.98.